The van der Waals surface area contributed by atoms with Gasteiger partial charge in [0.25, 0.3) is 0 Å². The molecule has 1 fully saturated rings. The fraction of sp³-hybridized carbons (Fsp3) is 0.435. The number of carbonyl (C=O) groups excluding carboxylic acids is 2. The Bertz CT molecular complexity index is 1120. The molecule has 9 nitrogen and oxygen atoms in total. The lowest BCUT2D eigenvalue weighted by atomic mass is 10.1. The minimum atomic E-state index is -0.264. The van der Waals surface area contributed by atoms with Crippen LogP contribution in [0.15, 0.2) is 30.3 Å². The summed E-state index contributed by atoms with van der Waals surface area (Å²) in [6, 6.07) is 9.33. The Morgan fingerprint density at radius 1 is 1.22 bits per heavy atom. The SMILES string of the molecule is CC(=O)NC1CC(c2nc(-c3ccccc3)n[nH]2)N(C(=O)CCc2c(C)nn(C)c2C)C1. The summed E-state index contributed by atoms with van der Waals surface area (Å²) in [6.45, 7) is 5.94. The minimum absolute atomic E-state index is 0.0307. The van der Waals surface area contributed by atoms with Crippen molar-refractivity contribution in [2.45, 2.75) is 52.1 Å². The van der Waals surface area contributed by atoms with Crippen LogP contribution in [0.1, 0.15) is 48.6 Å². The number of hydrogen-bond acceptors (Lipinski definition) is 5. The minimum Gasteiger partial charge on any atom is -0.352 e. The van der Waals surface area contributed by atoms with Gasteiger partial charge in [-0.05, 0) is 32.3 Å². The Hall–Kier alpha value is -3.49. The van der Waals surface area contributed by atoms with Crippen molar-refractivity contribution in [2.75, 3.05) is 6.54 Å². The highest BCUT2D eigenvalue weighted by Crippen LogP contribution is 2.32. The maximum atomic E-state index is 13.3. The van der Waals surface area contributed by atoms with Crippen LogP contribution < -0.4 is 5.32 Å². The van der Waals surface area contributed by atoms with E-state index in [0.29, 0.717) is 37.5 Å². The van der Waals surface area contributed by atoms with Crippen LogP contribution in [0.25, 0.3) is 11.4 Å². The number of likely N-dealkylation sites (tertiary alicyclic amines) is 1. The number of hydrogen-bond donors (Lipinski definition) is 2. The Labute approximate surface area is 187 Å². The van der Waals surface area contributed by atoms with Gasteiger partial charge in [-0.15, -0.1) is 0 Å². The number of carbonyl (C=O) groups is 2. The van der Waals surface area contributed by atoms with Crippen molar-refractivity contribution in [3.8, 4) is 11.4 Å². The zero-order chi connectivity index (χ0) is 22.8. The average molecular weight is 436 g/mol. The van der Waals surface area contributed by atoms with Crippen molar-refractivity contribution in [3.05, 3.63) is 53.1 Å². The molecule has 1 aromatic carbocycles. The maximum absolute atomic E-state index is 13.3. The summed E-state index contributed by atoms with van der Waals surface area (Å²) in [5.41, 5.74) is 4.05. The number of amides is 2. The van der Waals surface area contributed by atoms with Crippen molar-refractivity contribution < 1.29 is 9.59 Å². The van der Waals surface area contributed by atoms with Crippen molar-refractivity contribution in [3.63, 3.8) is 0 Å². The van der Waals surface area contributed by atoms with E-state index in [9.17, 15) is 9.59 Å². The molecule has 1 saturated heterocycles. The summed E-state index contributed by atoms with van der Waals surface area (Å²) in [4.78, 5) is 31.4. The van der Waals surface area contributed by atoms with Gasteiger partial charge >= 0.3 is 0 Å². The van der Waals surface area contributed by atoms with E-state index in [1.807, 2.05) is 60.8 Å². The number of nitrogens with zero attached hydrogens (tertiary/aromatic N) is 5. The van der Waals surface area contributed by atoms with Gasteiger partial charge in [-0.3, -0.25) is 19.4 Å². The third-order valence-corrected chi connectivity index (χ3v) is 6.13. The Kier molecular flexibility index (Phi) is 6.07. The summed E-state index contributed by atoms with van der Waals surface area (Å²) in [5.74, 6) is 1.16. The van der Waals surface area contributed by atoms with Crippen molar-refractivity contribution in [2.24, 2.45) is 7.05 Å². The van der Waals surface area contributed by atoms with Gasteiger partial charge in [0.1, 0.15) is 5.82 Å². The molecule has 2 unspecified atom stereocenters. The maximum Gasteiger partial charge on any atom is 0.223 e. The molecular formula is C23H29N7O2. The molecule has 32 heavy (non-hydrogen) atoms. The number of H-pyrrole nitrogens is 1. The second-order valence-corrected chi connectivity index (χ2v) is 8.38. The molecular weight excluding hydrogens is 406 g/mol. The Morgan fingerprint density at radius 3 is 2.62 bits per heavy atom. The normalized spacial score (nSPS) is 18.2. The lowest BCUT2D eigenvalue weighted by Crippen LogP contribution is -2.37. The lowest BCUT2D eigenvalue weighted by molar-refractivity contribution is -0.132. The molecule has 0 bridgehead atoms. The molecule has 168 valence electrons. The van der Waals surface area contributed by atoms with Crippen molar-refractivity contribution in [1.82, 2.24) is 35.2 Å². The summed E-state index contributed by atoms with van der Waals surface area (Å²) in [6.07, 6.45) is 1.60. The number of aromatic amines is 1. The standard InChI is InChI=1S/C23H29N7O2/c1-14-19(15(2)29(4)28-14)10-11-21(32)30-13-18(24-16(3)31)12-20(30)23-25-22(26-27-23)17-8-6-5-7-9-17/h5-9,18,20H,10-13H2,1-4H3,(H,24,31)(H,25,26,27). The number of benzene rings is 1. The zero-order valence-electron chi connectivity index (χ0n) is 18.9. The lowest BCUT2D eigenvalue weighted by Gasteiger charge is -2.23. The van der Waals surface area contributed by atoms with Gasteiger partial charge in [0.15, 0.2) is 5.82 Å². The first kappa shape index (κ1) is 21.7. The monoisotopic (exact) mass is 435 g/mol. The van der Waals surface area contributed by atoms with Crippen LogP contribution in [-0.2, 0) is 23.1 Å². The molecule has 3 heterocycles. The number of rotatable bonds is 6. The first-order valence-corrected chi connectivity index (χ1v) is 10.9. The quantitative estimate of drug-likeness (QED) is 0.617. The first-order chi connectivity index (χ1) is 15.3. The van der Waals surface area contributed by atoms with E-state index in [1.54, 1.807) is 0 Å². The highest BCUT2D eigenvalue weighted by atomic mass is 16.2. The molecule has 2 atom stereocenters. The van der Waals surface area contributed by atoms with E-state index >= 15 is 0 Å². The first-order valence-electron chi connectivity index (χ1n) is 10.9. The van der Waals surface area contributed by atoms with Crippen LogP contribution in [-0.4, -0.2) is 54.3 Å². The molecule has 3 aromatic rings. The molecule has 2 N–H and O–H groups in total. The smallest absolute Gasteiger partial charge is 0.223 e. The van der Waals surface area contributed by atoms with Crippen LogP contribution in [0.4, 0.5) is 0 Å². The van der Waals surface area contributed by atoms with E-state index in [1.165, 1.54) is 6.92 Å². The topological polar surface area (TPSA) is 109 Å². The van der Waals surface area contributed by atoms with E-state index in [0.717, 1.165) is 22.5 Å². The van der Waals surface area contributed by atoms with Crippen LogP contribution >= 0.6 is 0 Å². The third kappa shape index (κ3) is 4.42. The predicted octanol–water partition coefficient (Wildman–Crippen LogP) is 2.23. The van der Waals surface area contributed by atoms with Crippen molar-refractivity contribution >= 4 is 11.8 Å². The van der Waals surface area contributed by atoms with Gasteiger partial charge in [-0.2, -0.15) is 10.2 Å². The highest BCUT2D eigenvalue weighted by molar-refractivity contribution is 5.78. The summed E-state index contributed by atoms with van der Waals surface area (Å²) in [7, 11) is 1.91. The van der Waals surface area contributed by atoms with Crippen LogP contribution in [0.3, 0.4) is 0 Å². The molecule has 4 rings (SSSR count). The third-order valence-electron chi connectivity index (χ3n) is 6.13. The molecule has 2 amide bonds. The van der Waals surface area contributed by atoms with E-state index < -0.39 is 0 Å². The van der Waals surface area contributed by atoms with Gasteiger partial charge in [0.05, 0.1) is 11.7 Å². The predicted molar refractivity (Wildman–Crippen MR) is 119 cm³/mol. The van der Waals surface area contributed by atoms with Gasteiger partial charge in [0, 0.05) is 44.2 Å². The summed E-state index contributed by atoms with van der Waals surface area (Å²) in [5, 5.41) is 14.8. The Balaban J connectivity index is 1.53. The molecule has 0 spiro atoms. The van der Waals surface area contributed by atoms with Crippen LogP contribution in [0, 0.1) is 13.8 Å². The molecule has 2 aromatic heterocycles. The second-order valence-electron chi connectivity index (χ2n) is 8.38. The second kappa shape index (κ2) is 8.94. The van der Waals surface area contributed by atoms with E-state index in [4.69, 9.17) is 0 Å². The van der Waals surface area contributed by atoms with E-state index in [2.05, 4.69) is 25.6 Å². The van der Waals surface area contributed by atoms with Gasteiger partial charge in [-0.1, -0.05) is 30.3 Å². The van der Waals surface area contributed by atoms with Crippen molar-refractivity contribution in [1.29, 1.82) is 0 Å². The van der Waals surface area contributed by atoms with Crippen LogP contribution in [0.2, 0.25) is 0 Å². The molecule has 9 heteroatoms. The average Bonchev–Trinajstić information content (AvgIpc) is 3.46. The van der Waals surface area contributed by atoms with Crippen LogP contribution in [0.5, 0.6) is 0 Å². The largest absolute Gasteiger partial charge is 0.352 e. The van der Waals surface area contributed by atoms with E-state index in [-0.39, 0.29) is 23.9 Å². The molecule has 1 aliphatic heterocycles. The summed E-state index contributed by atoms with van der Waals surface area (Å²) >= 11 is 0. The summed E-state index contributed by atoms with van der Waals surface area (Å²) < 4.78 is 1.85. The number of aryl methyl sites for hydroxylation is 2. The number of nitrogens with one attached hydrogen (secondary N) is 2. The van der Waals surface area contributed by atoms with Gasteiger partial charge in [0.2, 0.25) is 11.8 Å². The fourth-order valence-corrected chi connectivity index (χ4v) is 4.46. The molecule has 0 radical (unpaired) electrons. The molecule has 1 aliphatic rings. The zero-order valence-corrected chi connectivity index (χ0v) is 18.9. The fourth-order valence-electron chi connectivity index (χ4n) is 4.46. The van der Waals surface area contributed by atoms with Gasteiger partial charge < -0.3 is 10.2 Å². The molecule has 0 saturated carbocycles. The number of aromatic nitrogens is 5. The molecule has 0 aliphatic carbocycles. The Morgan fingerprint density at radius 2 is 1.97 bits per heavy atom. The van der Waals surface area contributed by atoms with Gasteiger partial charge in [-0.25, -0.2) is 4.98 Å². The highest BCUT2D eigenvalue weighted by Gasteiger charge is 2.38.